The zero-order chi connectivity index (χ0) is 21.8. The van der Waals surface area contributed by atoms with Crippen LogP contribution in [0.2, 0.25) is 0 Å². The molecule has 0 atom stereocenters. The second-order valence-corrected chi connectivity index (χ2v) is 8.56. The summed E-state index contributed by atoms with van der Waals surface area (Å²) in [5.74, 6) is 2.59. The van der Waals surface area contributed by atoms with Gasteiger partial charge in [0.2, 0.25) is 5.91 Å². The lowest BCUT2D eigenvalue weighted by molar-refractivity contribution is -0.113. The van der Waals surface area contributed by atoms with Crippen LogP contribution in [-0.2, 0) is 18.3 Å². The van der Waals surface area contributed by atoms with Crippen LogP contribution in [0.3, 0.4) is 0 Å². The second-order valence-electron chi connectivity index (χ2n) is 7.62. The lowest BCUT2D eigenvalue weighted by atomic mass is 10.1. The van der Waals surface area contributed by atoms with Crippen LogP contribution in [0.15, 0.2) is 41.6 Å². The van der Waals surface area contributed by atoms with Crippen molar-refractivity contribution in [2.45, 2.75) is 31.8 Å². The summed E-state index contributed by atoms with van der Waals surface area (Å²) < 4.78 is 13.4. The number of nitrogens with zero attached hydrogens (tertiary/aromatic N) is 3. The number of anilines is 1. The number of hydrogen-bond acceptors (Lipinski definition) is 6. The smallest absolute Gasteiger partial charge is 0.234 e. The Kier molecular flexibility index (Phi) is 6.46. The maximum Gasteiger partial charge on any atom is 0.234 e. The Bertz CT molecular complexity index is 1100. The van der Waals surface area contributed by atoms with E-state index in [1.54, 1.807) is 0 Å². The van der Waals surface area contributed by atoms with E-state index in [2.05, 4.69) is 15.5 Å². The first-order valence-electron chi connectivity index (χ1n) is 10.3. The summed E-state index contributed by atoms with van der Waals surface area (Å²) in [6.07, 6.45) is 1.50. The molecule has 1 amide bonds. The van der Waals surface area contributed by atoms with Gasteiger partial charge < -0.3 is 19.4 Å². The largest absolute Gasteiger partial charge is 0.490 e. The molecule has 2 heterocycles. The fourth-order valence-electron chi connectivity index (χ4n) is 3.31. The average Bonchev–Trinajstić information content (AvgIpc) is 2.95. The first-order chi connectivity index (χ1) is 15.0. The third kappa shape index (κ3) is 5.19. The van der Waals surface area contributed by atoms with Crippen molar-refractivity contribution in [2.24, 2.45) is 7.05 Å². The van der Waals surface area contributed by atoms with Gasteiger partial charge in [-0.1, -0.05) is 30.0 Å². The Labute approximate surface area is 186 Å². The highest BCUT2D eigenvalue weighted by molar-refractivity contribution is 7.99. The number of ether oxygens (including phenoxy) is 2. The summed E-state index contributed by atoms with van der Waals surface area (Å²) in [6, 6.07) is 12.0. The number of aryl methyl sites for hydroxylation is 2. The van der Waals surface area contributed by atoms with Gasteiger partial charge in [0.05, 0.1) is 19.0 Å². The predicted octanol–water partition coefficient (Wildman–Crippen LogP) is 3.91. The molecule has 0 spiro atoms. The van der Waals surface area contributed by atoms with Crippen molar-refractivity contribution >= 4 is 23.4 Å². The Morgan fingerprint density at radius 3 is 2.74 bits per heavy atom. The first-order valence-corrected chi connectivity index (χ1v) is 11.2. The highest BCUT2D eigenvalue weighted by atomic mass is 32.2. The van der Waals surface area contributed by atoms with Crippen LogP contribution in [0, 0.1) is 13.8 Å². The second kappa shape index (κ2) is 9.43. The van der Waals surface area contributed by atoms with E-state index in [1.165, 1.54) is 11.8 Å². The summed E-state index contributed by atoms with van der Waals surface area (Å²) in [6.45, 7) is 5.32. The molecule has 0 saturated carbocycles. The molecule has 0 saturated heterocycles. The number of aromatic nitrogens is 3. The number of carbonyl (C=O) groups excluding carboxylic acids is 1. The molecule has 4 rings (SSSR count). The van der Waals surface area contributed by atoms with Gasteiger partial charge in [-0.25, -0.2) is 0 Å². The SMILES string of the molecule is Cc1ccc(C)c(NC(=O)CSc2nnc(Cc3ccc4c(c3)OCCCO4)n2C)c1. The number of fused-ring (bicyclic) bond motifs is 1. The molecular formula is C23H26N4O3S. The van der Waals surface area contributed by atoms with Gasteiger partial charge >= 0.3 is 0 Å². The molecule has 0 aliphatic carbocycles. The van der Waals surface area contributed by atoms with Crippen LogP contribution in [0.5, 0.6) is 11.5 Å². The van der Waals surface area contributed by atoms with E-state index in [1.807, 2.05) is 61.9 Å². The van der Waals surface area contributed by atoms with Crippen molar-refractivity contribution in [3.05, 3.63) is 58.9 Å². The van der Waals surface area contributed by atoms with Gasteiger partial charge in [-0.05, 0) is 48.7 Å². The molecule has 1 aromatic heterocycles. The Balaban J connectivity index is 1.37. The number of carbonyl (C=O) groups is 1. The molecule has 1 aliphatic rings. The van der Waals surface area contributed by atoms with Crippen LogP contribution < -0.4 is 14.8 Å². The van der Waals surface area contributed by atoms with Crippen LogP contribution in [-0.4, -0.2) is 39.6 Å². The summed E-state index contributed by atoms with van der Waals surface area (Å²) >= 11 is 1.37. The standard InChI is InChI=1S/C23H26N4O3S/c1-15-5-6-16(2)18(11-15)24-22(28)14-31-23-26-25-21(27(23)3)13-17-7-8-19-20(12-17)30-10-4-9-29-19/h5-8,11-12H,4,9-10,13-14H2,1-3H3,(H,24,28). The third-order valence-corrected chi connectivity index (χ3v) is 6.12. The number of benzene rings is 2. The number of amides is 1. The van der Waals surface area contributed by atoms with Gasteiger partial charge in [0.1, 0.15) is 5.82 Å². The molecule has 0 fully saturated rings. The topological polar surface area (TPSA) is 78.3 Å². The van der Waals surface area contributed by atoms with Crippen molar-refractivity contribution < 1.29 is 14.3 Å². The predicted molar refractivity (Wildman–Crippen MR) is 121 cm³/mol. The van der Waals surface area contributed by atoms with Gasteiger partial charge in [0, 0.05) is 25.6 Å². The van der Waals surface area contributed by atoms with E-state index in [-0.39, 0.29) is 11.7 Å². The lowest BCUT2D eigenvalue weighted by Crippen LogP contribution is -2.15. The molecule has 162 valence electrons. The number of thioether (sulfide) groups is 1. The first kappa shape index (κ1) is 21.2. The molecule has 0 unspecified atom stereocenters. The molecule has 31 heavy (non-hydrogen) atoms. The lowest BCUT2D eigenvalue weighted by Gasteiger charge is -2.10. The van der Waals surface area contributed by atoms with Gasteiger partial charge in [-0.2, -0.15) is 0 Å². The zero-order valence-electron chi connectivity index (χ0n) is 18.0. The fourth-order valence-corrected chi connectivity index (χ4v) is 4.04. The number of rotatable bonds is 6. The molecule has 2 aromatic carbocycles. The average molecular weight is 439 g/mol. The highest BCUT2D eigenvalue weighted by Gasteiger charge is 2.15. The highest BCUT2D eigenvalue weighted by Crippen LogP contribution is 2.31. The molecule has 0 radical (unpaired) electrons. The van der Waals surface area contributed by atoms with Gasteiger partial charge in [0.15, 0.2) is 16.7 Å². The van der Waals surface area contributed by atoms with E-state index in [9.17, 15) is 4.79 Å². The van der Waals surface area contributed by atoms with Crippen molar-refractivity contribution in [3.63, 3.8) is 0 Å². The molecule has 1 N–H and O–H groups in total. The minimum atomic E-state index is -0.0637. The molecule has 1 aliphatic heterocycles. The quantitative estimate of drug-likeness (QED) is 0.588. The van der Waals surface area contributed by atoms with E-state index in [0.29, 0.717) is 24.8 Å². The van der Waals surface area contributed by atoms with Crippen molar-refractivity contribution in [3.8, 4) is 11.5 Å². The van der Waals surface area contributed by atoms with Crippen LogP contribution >= 0.6 is 11.8 Å². The van der Waals surface area contributed by atoms with Crippen molar-refractivity contribution in [1.29, 1.82) is 0 Å². The van der Waals surface area contributed by atoms with Crippen LogP contribution in [0.1, 0.15) is 28.9 Å². The minimum Gasteiger partial charge on any atom is -0.490 e. The molecule has 3 aromatic rings. The maximum atomic E-state index is 12.4. The summed E-state index contributed by atoms with van der Waals surface area (Å²) in [4.78, 5) is 12.4. The minimum absolute atomic E-state index is 0.0637. The molecule has 0 bridgehead atoms. The van der Waals surface area contributed by atoms with E-state index in [4.69, 9.17) is 9.47 Å². The Hall–Kier alpha value is -3.00. The van der Waals surface area contributed by atoms with Gasteiger partial charge in [-0.3, -0.25) is 4.79 Å². The fraction of sp³-hybridized carbons (Fsp3) is 0.348. The Morgan fingerprint density at radius 1 is 1.10 bits per heavy atom. The molecule has 7 nitrogen and oxygen atoms in total. The van der Waals surface area contributed by atoms with E-state index >= 15 is 0 Å². The van der Waals surface area contributed by atoms with E-state index in [0.717, 1.165) is 46.1 Å². The van der Waals surface area contributed by atoms with Gasteiger partial charge in [0.25, 0.3) is 0 Å². The van der Waals surface area contributed by atoms with Crippen molar-refractivity contribution in [1.82, 2.24) is 14.8 Å². The summed E-state index contributed by atoms with van der Waals surface area (Å²) in [5.41, 5.74) is 4.07. The molecule has 8 heteroatoms. The number of hydrogen-bond donors (Lipinski definition) is 1. The normalized spacial score (nSPS) is 13.0. The van der Waals surface area contributed by atoms with E-state index < -0.39 is 0 Å². The number of nitrogens with one attached hydrogen (secondary N) is 1. The summed E-state index contributed by atoms with van der Waals surface area (Å²) in [7, 11) is 1.92. The Morgan fingerprint density at radius 2 is 1.90 bits per heavy atom. The third-order valence-electron chi connectivity index (χ3n) is 5.10. The summed E-state index contributed by atoms with van der Waals surface area (Å²) in [5, 5.41) is 12.3. The maximum absolute atomic E-state index is 12.4. The van der Waals surface area contributed by atoms with Gasteiger partial charge in [-0.15, -0.1) is 10.2 Å². The van der Waals surface area contributed by atoms with Crippen LogP contribution in [0.4, 0.5) is 5.69 Å². The zero-order valence-corrected chi connectivity index (χ0v) is 18.8. The van der Waals surface area contributed by atoms with Crippen molar-refractivity contribution in [2.75, 3.05) is 24.3 Å². The molecular weight excluding hydrogens is 412 g/mol. The monoisotopic (exact) mass is 438 g/mol. The van der Waals surface area contributed by atoms with Crippen LogP contribution in [0.25, 0.3) is 0 Å².